The lowest BCUT2D eigenvalue weighted by atomic mass is 10.0. The van der Waals surface area contributed by atoms with E-state index in [1.165, 1.54) is 0 Å². The SMILES string of the molecule is CC(C)[C@@H]1CO[C@@]23CCN(C(=O)c4cnc(N5CCOCC5)nc4)[C@@H]2CC(=O)N13. The van der Waals surface area contributed by atoms with E-state index in [4.69, 9.17) is 9.47 Å². The molecule has 1 spiro atoms. The maximum atomic E-state index is 13.2. The fourth-order valence-corrected chi connectivity index (χ4v) is 5.14. The number of morpholine rings is 1. The Hall–Kier alpha value is -2.26. The van der Waals surface area contributed by atoms with Crippen molar-refractivity contribution in [3.63, 3.8) is 0 Å². The van der Waals surface area contributed by atoms with Gasteiger partial charge in [-0.05, 0) is 5.92 Å². The number of carbonyl (C=O) groups excluding carboxylic acids is 2. The lowest BCUT2D eigenvalue weighted by Crippen LogP contribution is -2.51. The van der Waals surface area contributed by atoms with Gasteiger partial charge < -0.3 is 24.2 Å². The Kier molecular flexibility index (Phi) is 4.47. The Morgan fingerprint density at radius 2 is 1.93 bits per heavy atom. The van der Waals surface area contributed by atoms with Crippen molar-refractivity contribution in [2.45, 2.75) is 44.5 Å². The number of likely N-dealkylation sites (tertiary alicyclic amines) is 1. The number of carbonyl (C=O) groups is 2. The van der Waals surface area contributed by atoms with Gasteiger partial charge in [0.2, 0.25) is 11.9 Å². The normalized spacial score (nSPS) is 31.6. The van der Waals surface area contributed by atoms with E-state index < -0.39 is 5.72 Å². The van der Waals surface area contributed by atoms with Crippen LogP contribution in [0.5, 0.6) is 0 Å². The van der Waals surface area contributed by atoms with Gasteiger partial charge in [-0.2, -0.15) is 0 Å². The van der Waals surface area contributed by atoms with Crippen LogP contribution in [0.2, 0.25) is 0 Å². The second-order valence-electron chi connectivity index (χ2n) is 8.57. The van der Waals surface area contributed by atoms with Crippen LogP contribution in [0.15, 0.2) is 12.4 Å². The lowest BCUT2D eigenvalue weighted by Gasteiger charge is -2.34. The summed E-state index contributed by atoms with van der Waals surface area (Å²) in [5, 5.41) is 0. The predicted molar refractivity (Wildman–Crippen MR) is 103 cm³/mol. The largest absolute Gasteiger partial charge is 0.378 e. The van der Waals surface area contributed by atoms with Gasteiger partial charge in [0.25, 0.3) is 5.91 Å². The van der Waals surface area contributed by atoms with Crippen molar-refractivity contribution in [1.82, 2.24) is 19.8 Å². The zero-order valence-electron chi connectivity index (χ0n) is 16.9. The summed E-state index contributed by atoms with van der Waals surface area (Å²) in [6, 6.07) is -0.163. The summed E-state index contributed by atoms with van der Waals surface area (Å²) in [7, 11) is 0. The molecular formula is C20H27N5O4. The van der Waals surface area contributed by atoms with Crippen LogP contribution in [0, 0.1) is 5.92 Å². The Morgan fingerprint density at radius 3 is 2.62 bits per heavy atom. The van der Waals surface area contributed by atoms with E-state index in [2.05, 4.69) is 28.7 Å². The summed E-state index contributed by atoms with van der Waals surface area (Å²) in [6.07, 6.45) is 4.16. The van der Waals surface area contributed by atoms with Crippen molar-refractivity contribution < 1.29 is 19.1 Å². The van der Waals surface area contributed by atoms with Gasteiger partial charge in [0.05, 0.1) is 43.9 Å². The minimum absolute atomic E-state index is 0.0821. The molecule has 4 fully saturated rings. The maximum Gasteiger partial charge on any atom is 0.257 e. The molecule has 1 aromatic rings. The van der Waals surface area contributed by atoms with E-state index in [9.17, 15) is 9.59 Å². The Balaban J connectivity index is 1.35. The molecule has 0 saturated carbocycles. The first-order valence-corrected chi connectivity index (χ1v) is 10.4. The molecule has 0 bridgehead atoms. The standard InChI is InChI=1S/C20H27N5O4/c1-13(2)15-12-29-20-3-4-24(16(20)9-17(26)25(15)20)18(27)14-10-21-19(22-11-14)23-5-7-28-8-6-23/h10-11,13,15-16H,3-9,12H2,1-2H3/t15-,16+,20-/m0/s1. The van der Waals surface area contributed by atoms with Gasteiger partial charge in [-0.25, -0.2) is 9.97 Å². The number of anilines is 1. The van der Waals surface area contributed by atoms with Gasteiger partial charge in [0, 0.05) is 38.4 Å². The monoisotopic (exact) mass is 401 g/mol. The summed E-state index contributed by atoms with van der Waals surface area (Å²) < 4.78 is 11.6. The van der Waals surface area contributed by atoms with Crippen LogP contribution in [0.1, 0.15) is 37.0 Å². The van der Waals surface area contributed by atoms with Crippen LogP contribution in [0.4, 0.5) is 5.95 Å². The second kappa shape index (κ2) is 6.91. The molecule has 0 N–H and O–H groups in total. The fourth-order valence-electron chi connectivity index (χ4n) is 5.14. The highest BCUT2D eigenvalue weighted by Crippen LogP contribution is 2.49. The highest BCUT2D eigenvalue weighted by atomic mass is 16.5. The first kappa shape index (κ1) is 18.7. The van der Waals surface area contributed by atoms with Crippen LogP contribution in [-0.2, 0) is 14.3 Å². The van der Waals surface area contributed by atoms with Gasteiger partial charge >= 0.3 is 0 Å². The molecule has 0 radical (unpaired) electrons. The first-order chi connectivity index (χ1) is 14.0. The zero-order chi connectivity index (χ0) is 20.2. The average molecular weight is 401 g/mol. The zero-order valence-corrected chi connectivity index (χ0v) is 16.9. The smallest absolute Gasteiger partial charge is 0.257 e. The fraction of sp³-hybridized carbons (Fsp3) is 0.700. The molecule has 0 aromatic carbocycles. The van der Waals surface area contributed by atoms with Crippen molar-refractivity contribution in [3.8, 4) is 0 Å². The summed E-state index contributed by atoms with van der Waals surface area (Å²) in [4.78, 5) is 40.5. The number of rotatable bonds is 3. The third-order valence-corrected chi connectivity index (χ3v) is 6.70. The van der Waals surface area contributed by atoms with E-state index in [0.717, 1.165) is 13.1 Å². The van der Waals surface area contributed by atoms with Crippen LogP contribution in [0.3, 0.4) is 0 Å². The Labute approximate surface area is 170 Å². The van der Waals surface area contributed by atoms with E-state index >= 15 is 0 Å². The van der Waals surface area contributed by atoms with Gasteiger partial charge in [0.15, 0.2) is 5.72 Å². The minimum Gasteiger partial charge on any atom is -0.378 e. The van der Waals surface area contributed by atoms with Crippen molar-refractivity contribution in [3.05, 3.63) is 18.0 Å². The molecule has 1 aromatic heterocycles. The van der Waals surface area contributed by atoms with E-state index in [-0.39, 0.29) is 23.9 Å². The molecule has 2 amide bonds. The molecule has 5 heterocycles. The first-order valence-electron chi connectivity index (χ1n) is 10.4. The third kappa shape index (κ3) is 2.82. The Morgan fingerprint density at radius 1 is 1.21 bits per heavy atom. The molecular weight excluding hydrogens is 374 g/mol. The summed E-state index contributed by atoms with van der Waals surface area (Å²) >= 11 is 0. The average Bonchev–Trinajstić information content (AvgIpc) is 3.37. The summed E-state index contributed by atoms with van der Waals surface area (Å²) in [5.41, 5.74) is -0.209. The molecule has 5 rings (SSSR count). The maximum absolute atomic E-state index is 13.2. The summed E-state index contributed by atoms with van der Waals surface area (Å²) in [5.74, 6) is 0.890. The van der Waals surface area contributed by atoms with Crippen LogP contribution < -0.4 is 4.90 Å². The van der Waals surface area contributed by atoms with E-state index in [1.54, 1.807) is 17.3 Å². The molecule has 0 unspecified atom stereocenters. The molecule has 4 aliphatic rings. The molecule has 156 valence electrons. The highest BCUT2D eigenvalue weighted by Gasteiger charge is 2.65. The van der Waals surface area contributed by atoms with E-state index in [0.29, 0.717) is 56.6 Å². The topological polar surface area (TPSA) is 88.1 Å². The molecule has 9 heteroatoms. The van der Waals surface area contributed by atoms with Crippen LogP contribution >= 0.6 is 0 Å². The quantitative estimate of drug-likeness (QED) is 0.729. The van der Waals surface area contributed by atoms with Crippen molar-refractivity contribution in [2.75, 3.05) is 44.4 Å². The predicted octanol–water partition coefficient (Wildman–Crippen LogP) is 0.511. The molecule has 4 saturated heterocycles. The number of nitrogens with zero attached hydrogens (tertiary/aromatic N) is 5. The molecule has 0 aliphatic carbocycles. The lowest BCUT2D eigenvalue weighted by molar-refractivity contribution is -0.139. The van der Waals surface area contributed by atoms with Crippen molar-refractivity contribution in [1.29, 1.82) is 0 Å². The minimum atomic E-state index is -0.656. The molecule has 9 nitrogen and oxygen atoms in total. The third-order valence-electron chi connectivity index (χ3n) is 6.70. The van der Waals surface area contributed by atoms with Gasteiger partial charge in [-0.1, -0.05) is 13.8 Å². The number of hydrogen-bond donors (Lipinski definition) is 0. The van der Waals surface area contributed by atoms with Crippen LogP contribution in [0.25, 0.3) is 0 Å². The van der Waals surface area contributed by atoms with Gasteiger partial charge in [0.1, 0.15) is 0 Å². The summed E-state index contributed by atoms with van der Waals surface area (Å²) in [6.45, 7) is 8.14. The number of aromatic nitrogens is 2. The number of ether oxygens (including phenoxy) is 2. The number of hydrogen-bond acceptors (Lipinski definition) is 7. The second-order valence-corrected chi connectivity index (χ2v) is 8.57. The highest BCUT2D eigenvalue weighted by molar-refractivity contribution is 5.95. The number of amides is 2. The van der Waals surface area contributed by atoms with E-state index in [1.807, 2.05) is 4.90 Å². The Bertz CT molecular complexity index is 810. The molecule has 4 aliphatic heterocycles. The molecule has 3 atom stereocenters. The van der Waals surface area contributed by atoms with Crippen molar-refractivity contribution >= 4 is 17.8 Å². The van der Waals surface area contributed by atoms with Crippen LogP contribution in [-0.4, -0.2) is 88.8 Å². The van der Waals surface area contributed by atoms with Gasteiger partial charge in [-0.3, -0.25) is 9.59 Å². The molecule has 29 heavy (non-hydrogen) atoms. The van der Waals surface area contributed by atoms with Gasteiger partial charge in [-0.15, -0.1) is 0 Å². The van der Waals surface area contributed by atoms with Crippen molar-refractivity contribution in [2.24, 2.45) is 5.92 Å².